The van der Waals surface area contributed by atoms with Gasteiger partial charge in [-0.15, -0.1) is 0 Å². The van der Waals surface area contributed by atoms with E-state index >= 15 is 0 Å². The van der Waals surface area contributed by atoms with Crippen LogP contribution in [0, 0.1) is 5.41 Å². The molecule has 5 heteroatoms. The highest BCUT2D eigenvalue weighted by atomic mass is 16.5. The molecule has 0 bridgehead atoms. The molecule has 0 amide bonds. The summed E-state index contributed by atoms with van der Waals surface area (Å²) in [7, 11) is 0. The standard InChI is InChI=1S/C13H20N4O/c1-9-6-17(7-10(2)18-9)8-11-3-4-16-12(5-11)13(14)15/h3-5,9-10H,6-8H2,1-2H3,(H3,14,15)/t9-,10+. The SMILES string of the molecule is C[C@@H]1CN(Cc2ccnc(C(=N)N)c2)C[C@H](C)O1. The number of aromatic nitrogens is 1. The zero-order valence-corrected chi connectivity index (χ0v) is 10.9. The largest absolute Gasteiger partial charge is 0.382 e. The minimum Gasteiger partial charge on any atom is -0.382 e. The van der Waals surface area contributed by atoms with Crippen molar-refractivity contribution in [1.82, 2.24) is 9.88 Å². The van der Waals surface area contributed by atoms with Gasteiger partial charge in [-0.2, -0.15) is 0 Å². The van der Waals surface area contributed by atoms with Gasteiger partial charge in [-0.3, -0.25) is 15.3 Å². The first-order valence-corrected chi connectivity index (χ1v) is 6.21. The van der Waals surface area contributed by atoms with Crippen molar-refractivity contribution in [3.05, 3.63) is 29.6 Å². The maximum Gasteiger partial charge on any atom is 0.141 e. The monoisotopic (exact) mass is 248 g/mol. The van der Waals surface area contributed by atoms with E-state index in [0.717, 1.165) is 25.2 Å². The van der Waals surface area contributed by atoms with Gasteiger partial charge in [0.15, 0.2) is 0 Å². The molecule has 1 aromatic heterocycles. The Morgan fingerprint density at radius 2 is 2.17 bits per heavy atom. The molecule has 1 aliphatic heterocycles. The number of morpholine rings is 1. The number of nitrogens with two attached hydrogens (primary N) is 1. The Kier molecular flexibility index (Phi) is 3.93. The van der Waals surface area contributed by atoms with Crippen LogP contribution >= 0.6 is 0 Å². The van der Waals surface area contributed by atoms with E-state index in [-0.39, 0.29) is 18.0 Å². The third kappa shape index (κ3) is 3.27. The van der Waals surface area contributed by atoms with Crippen molar-refractivity contribution in [3.8, 4) is 0 Å². The summed E-state index contributed by atoms with van der Waals surface area (Å²) < 4.78 is 5.71. The lowest BCUT2D eigenvalue weighted by atomic mass is 10.1. The van der Waals surface area contributed by atoms with E-state index in [9.17, 15) is 0 Å². The average Bonchev–Trinajstić information content (AvgIpc) is 2.27. The highest BCUT2D eigenvalue weighted by molar-refractivity contribution is 5.93. The quantitative estimate of drug-likeness (QED) is 0.617. The molecular formula is C13H20N4O. The minimum atomic E-state index is 0.0144. The van der Waals surface area contributed by atoms with Crippen molar-refractivity contribution in [2.75, 3.05) is 13.1 Å². The van der Waals surface area contributed by atoms with Crippen LogP contribution in [0.5, 0.6) is 0 Å². The molecule has 2 rings (SSSR count). The van der Waals surface area contributed by atoms with Gasteiger partial charge >= 0.3 is 0 Å². The fourth-order valence-corrected chi connectivity index (χ4v) is 2.39. The fraction of sp³-hybridized carbons (Fsp3) is 0.538. The highest BCUT2D eigenvalue weighted by Gasteiger charge is 2.22. The summed E-state index contributed by atoms with van der Waals surface area (Å²) in [5.41, 5.74) is 7.13. The van der Waals surface area contributed by atoms with Crippen LogP contribution in [0.15, 0.2) is 18.3 Å². The lowest BCUT2D eigenvalue weighted by Gasteiger charge is -2.35. The first-order valence-electron chi connectivity index (χ1n) is 6.21. The lowest BCUT2D eigenvalue weighted by Crippen LogP contribution is -2.44. The summed E-state index contributed by atoms with van der Waals surface area (Å²) in [6, 6.07) is 3.85. The first kappa shape index (κ1) is 13.0. The minimum absolute atomic E-state index is 0.0144. The number of ether oxygens (including phenoxy) is 1. The number of hydrogen-bond acceptors (Lipinski definition) is 4. The Balaban J connectivity index is 2.04. The van der Waals surface area contributed by atoms with Crippen LogP contribution in [0.3, 0.4) is 0 Å². The molecule has 1 aromatic rings. The fourth-order valence-electron chi connectivity index (χ4n) is 2.39. The van der Waals surface area contributed by atoms with E-state index in [1.807, 2.05) is 12.1 Å². The summed E-state index contributed by atoms with van der Waals surface area (Å²) in [6.07, 6.45) is 2.24. The average molecular weight is 248 g/mol. The van der Waals surface area contributed by atoms with E-state index < -0.39 is 0 Å². The van der Waals surface area contributed by atoms with Gasteiger partial charge in [0.05, 0.1) is 12.2 Å². The van der Waals surface area contributed by atoms with E-state index in [1.54, 1.807) is 6.20 Å². The van der Waals surface area contributed by atoms with E-state index in [1.165, 1.54) is 0 Å². The Hall–Kier alpha value is -1.46. The number of pyridine rings is 1. The molecule has 3 N–H and O–H groups in total. The van der Waals surface area contributed by atoms with E-state index in [4.69, 9.17) is 15.9 Å². The molecule has 2 atom stereocenters. The van der Waals surface area contributed by atoms with Crippen molar-refractivity contribution in [2.24, 2.45) is 5.73 Å². The molecule has 0 aromatic carbocycles. The molecule has 0 aliphatic carbocycles. The molecule has 0 unspecified atom stereocenters. The van der Waals surface area contributed by atoms with Gasteiger partial charge in [0.25, 0.3) is 0 Å². The maximum absolute atomic E-state index is 7.40. The smallest absolute Gasteiger partial charge is 0.141 e. The Labute approximate surface area is 107 Å². The number of nitrogens with one attached hydrogen (secondary N) is 1. The third-order valence-electron chi connectivity index (χ3n) is 3.00. The summed E-state index contributed by atoms with van der Waals surface area (Å²) in [5, 5.41) is 7.40. The topological polar surface area (TPSA) is 75.2 Å². The summed E-state index contributed by atoms with van der Waals surface area (Å²) in [5.74, 6) is 0.0144. The van der Waals surface area contributed by atoms with E-state index in [2.05, 4.69) is 23.7 Å². The van der Waals surface area contributed by atoms with Gasteiger partial charge in [-0.25, -0.2) is 0 Å². The molecule has 98 valence electrons. The van der Waals surface area contributed by atoms with Gasteiger partial charge in [-0.05, 0) is 31.5 Å². The third-order valence-corrected chi connectivity index (χ3v) is 3.00. The van der Waals surface area contributed by atoms with Crippen LogP contribution in [-0.2, 0) is 11.3 Å². The van der Waals surface area contributed by atoms with Gasteiger partial charge in [0.2, 0.25) is 0 Å². The number of rotatable bonds is 3. The number of amidine groups is 1. The van der Waals surface area contributed by atoms with Gasteiger partial charge < -0.3 is 10.5 Å². The molecule has 1 saturated heterocycles. The normalized spacial score (nSPS) is 25.0. The van der Waals surface area contributed by atoms with Crippen molar-refractivity contribution >= 4 is 5.84 Å². The number of hydrogen-bond donors (Lipinski definition) is 2. The second-order valence-corrected chi connectivity index (χ2v) is 4.91. The van der Waals surface area contributed by atoms with Gasteiger partial charge in [0, 0.05) is 25.8 Å². The second-order valence-electron chi connectivity index (χ2n) is 4.91. The Bertz CT molecular complexity index is 425. The van der Waals surface area contributed by atoms with Gasteiger partial charge in [0.1, 0.15) is 11.5 Å². The van der Waals surface area contributed by atoms with Crippen molar-refractivity contribution < 1.29 is 4.74 Å². The summed E-state index contributed by atoms with van der Waals surface area (Å²) in [4.78, 5) is 6.43. The number of nitrogen functional groups attached to an aromatic ring is 1. The molecule has 0 saturated carbocycles. The lowest BCUT2D eigenvalue weighted by molar-refractivity contribution is -0.0704. The zero-order chi connectivity index (χ0) is 13.1. The van der Waals surface area contributed by atoms with Crippen LogP contribution in [0.1, 0.15) is 25.1 Å². The highest BCUT2D eigenvalue weighted by Crippen LogP contribution is 2.14. The molecule has 1 aliphatic rings. The number of nitrogens with zero attached hydrogens (tertiary/aromatic N) is 2. The molecule has 0 radical (unpaired) electrons. The van der Waals surface area contributed by atoms with Crippen LogP contribution in [0.4, 0.5) is 0 Å². The van der Waals surface area contributed by atoms with Crippen LogP contribution in [0.2, 0.25) is 0 Å². The molecular weight excluding hydrogens is 228 g/mol. The van der Waals surface area contributed by atoms with Crippen LogP contribution < -0.4 is 5.73 Å². The molecule has 0 spiro atoms. The molecule has 1 fully saturated rings. The van der Waals surface area contributed by atoms with Crippen molar-refractivity contribution in [2.45, 2.75) is 32.6 Å². The second kappa shape index (κ2) is 5.46. The van der Waals surface area contributed by atoms with E-state index in [0.29, 0.717) is 5.69 Å². The predicted octanol–water partition coefficient (Wildman–Crippen LogP) is 0.975. The summed E-state index contributed by atoms with van der Waals surface area (Å²) in [6.45, 7) is 6.90. The first-order chi connectivity index (χ1) is 8.54. The predicted molar refractivity (Wildman–Crippen MR) is 70.5 cm³/mol. The zero-order valence-electron chi connectivity index (χ0n) is 10.9. The van der Waals surface area contributed by atoms with Crippen molar-refractivity contribution in [1.29, 1.82) is 5.41 Å². The van der Waals surface area contributed by atoms with Crippen molar-refractivity contribution in [3.63, 3.8) is 0 Å². The molecule has 5 nitrogen and oxygen atoms in total. The Morgan fingerprint density at radius 3 is 2.78 bits per heavy atom. The Morgan fingerprint density at radius 1 is 1.50 bits per heavy atom. The molecule has 18 heavy (non-hydrogen) atoms. The molecule has 2 heterocycles. The summed E-state index contributed by atoms with van der Waals surface area (Å²) >= 11 is 0. The van der Waals surface area contributed by atoms with Gasteiger partial charge in [-0.1, -0.05) is 0 Å². The maximum atomic E-state index is 7.40. The van der Waals surface area contributed by atoms with Crippen LogP contribution in [-0.4, -0.2) is 41.0 Å². The van der Waals surface area contributed by atoms with Crippen LogP contribution in [0.25, 0.3) is 0 Å².